The van der Waals surface area contributed by atoms with Crippen LogP contribution in [0.25, 0.3) is 0 Å². The van der Waals surface area contributed by atoms with E-state index in [-0.39, 0.29) is 5.91 Å². The third-order valence-electron chi connectivity index (χ3n) is 3.10. The maximum atomic E-state index is 12.1. The van der Waals surface area contributed by atoms with E-state index in [4.69, 9.17) is 17.3 Å². The molecule has 0 spiro atoms. The molecule has 0 radical (unpaired) electrons. The molecule has 0 aliphatic carbocycles. The van der Waals surface area contributed by atoms with Gasteiger partial charge in [0.1, 0.15) is 0 Å². The highest BCUT2D eigenvalue weighted by molar-refractivity contribution is 6.31. The number of nitrogens with one attached hydrogen (secondary N) is 1. The van der Waals surface area contributed by atoms with Crippen LogP contribution in [0.2, 0.25) is 5.02 Å². The average Bonchev–Trinajstić information content (AvgIpc) is 2.43. The van der Waals surface area contributed by atoms with Gasteiger partial charge in [-0.25, -0.2) is 0 Å². The molecule has 0 bridgehead atoms. The fourth-order valence-electron chi connectivity index (χ4n) is 1.85. The molecule has 3 nitrogen and oxygen atoms in total. The van der Waals surface area contributed by atoms with Crippen LogP contribution < -0.4 is 11.1 Å². The summed E-state index contributed by atoms with van der Waals surface area (Å²) in [6, 6.07) is 12.5. The second kappa shape index (κ2) is 5.97. The molecule has 1 amide bonds. The normalized spacial score (nSPS) is 10.6. The summed E-state index contributed by atoms with van der Waals surface area (Å²) in [6.07, 6.45) is 0. The molecule has 4 heteroatoms. The number of carbonyl (C=O) groups excluding carboxylic acids is 1. The van der Waals surface area contributed by atoms with E-state index < -0.39 is 0 Å². The van der Waals surface area contributed by atoms with Crippen molar-refractivity contribution in [1.29, 1.82) is 0 Å². The second-order valence-corrected chi connectivity index (χ2v) is 5.40. The highest BCUT2D eigenvalue weighted by Crippen LogP contribution is 2.23. The Balaban J connectivity index is 2.17. The van der Waals surface area contributed by atoms with Crippen molar-refractivity contribution in [3.05, 3.63) is 58.6 Å². The van der Waals surface area contributed by atoms with Crippen molar-refractivity contribution in [3.63, 3.8) is 0 Å². The Labute approximate surface area is 123 Å². The second-order valence-electron chi connectivity index (χ2n) is 4.96. The van der Waals surface area contributed by atoms with E-state index in [0.29, 0.717) is 27.9 Å². The molecule has 0 aliphatic rings. The molecule has 2 rings (SSSR count). The van der Waals surface area contributed by atoms with Gasteiger partial charge in [0.15, 0.2) is 0 Å². The first-order valence-corrected chi connectivity index (χ1v) is 6.81. The molecular formula is C16H17ClN2O. The summed E-state index contributed by atoms with van der Waals surface area (Å²) >= 11 is 5.90. The third-order valence-corrected chi connectivity index (χ3v) is 3.34. The molecule has 0 heterocycles. The highest BCUT2D eigenvalue weighted by atomic mass is 35.5. The molecular weight excluding hydrogens is 272 g/mol. The summed E-state index contributed by atoms with van der Waals surface area (Å²) in [7, 11) is 0. The molecule has 0 unspecified atom stereocenters. The van der Waals surface area contributed by atoms with Gasteiger partial charge in [0.2, 0.25) is 0 Å². The van der Waals surface area contributed by atoms with Gasteiger partial charge in [-0.3, -0.25) is 4.79 Å². The van der Waals surface area contributed by atoms with E-state index in [2.05, 4.69) is 19.2 Å². The largest absolute Gasteiger partial charge is 0.397 e. The number of halogens is 1. The number of nitrogens with two attached hydrogens (primary N) is 1. The molecule has 0 aromatic heterocycles. The van der Waals surface area contributed by atoms with Gasteiger partial charge in [0, 0.05) is 10.6 Å². The van der Waals surface area contributed by atoms with E-state index in [1.165, 1.54) is 5.56 Å². The molecule has 0 atom stereocenters. The minimum Gasteiger partial charge on any atom is -0.397 e. The first-order chi connectivity index (χ1) is 9.47. The van der Waals surface area contributed by atoms with E-state index >= 15 is 0 Å². The van der Waals surface area contributed by atoms with Crippen LogP contribution in [0, 0.1) is 0 Å². The minimum atomic E-state index is -0.200. The number of amides is 1. The topological polar surface area (TPSA) is 55.1 Å². The molecule has 0 saturated carbocycles. The predicted molar refractivity (Wildman–Crippen MR) is 84.3 cm³/mol. The summed E-state index contributed by atoms with van der Waals surface area (Å²) in [5.74, 6) is 0.241. The van der Waals surface area contributed by atoms with E-state index in [1.54, 1.807) is 18.2 Å². The number of anilines is 2. The zero-order valence-electron chi connectivity index (χ0n) is 11.5. The van der Waals surface area contributed by atoms with Crippen molar-refractivity contribution in [2.24, 2.45) is 0 Å². The highest BCUT2D eigenvalue weighted by Gasteiger charge is 2.09. The van der Waals surface area contributed by atoms with Gasteiger partial charge in [-0.2, -0.15) is 0 Å². The Bertz CT molecular complexity index is 621. The van der Waals surface area contributed by atoms with Crippen LogP contribution in [-0.2, 0) is 0 Å². The Morgan fingerprint density at radius 3 is 2.40 bits per heavy atom. The van der Waals surface area contributed by atoms with Crippen LogP contribution in [0.4, 0.5) is 11.4 Å². The summed E-state index contributed by atoms with van der Waals surface area (Å²) in [4.78, 5) is 12.1. The fraction of sp³-hybridized carbons (Fsp3) is 0.188. The van der Waals surface area contributed by atoms with Gasteiger partial charge in [0.25, 0.3) is 5.91 Å². The van der Waals surface area contributed by atoms with Crippen molar-refractivity contribution < 1.29 is 4.79 Å². The summed E-state index contributed by atoms with van der Waals surface area (Å²) in [6.45, 7) is 4.23. The molecule has 0 aliphatic heterocycles. The van der Waals surface area contributed by atoms with Crippen LogP contribution >= 0.6 is 11.6 Å². The smallest absolute Gasteiger partial charge is 0.255 e. The van der Waals surface area contributed by atoms with Crippen LogP contribution in [0.15, 0.2) is 42.5 Å². The first-order valence-electron chi connectivity index (χ1n) is 6.43. The Kier molecular flexibility index (Phi) is 4.30. The van der Waals surface area contributed by atoms with Crippen LogP contribution in [0.5, 0.6) is 0 Å². The number of carbonyl (C=O) groups is 1. The number of rotatable bonds is 3. The third kappa shape index (κ3) is 3.31. The lowest BCUT2D eigenvalue weighted by Crippen LogP contribution is -2.13. The zero-order chi connectivity index (χ0) is 14.7. The molecule has 3 N–H and O–H groups in total. The molecule has 2 aromatic carbocycles. The first kappa shape index (κ1) is 14.4. The van der Waals surface area contributed by atoms with Gasteiger partial charge in [0.05, 0.1) is 11.4 Å². The fourth-order valence-corrected chi connectivity index (χ4v) is 2.02. The maximum Gasteiger partial charge on any atom is 0.255 e. The number of benzene rings is 2. The van der Waals surface area contributed by atoms with E-state index in [9.17, 15) is 4.79 Å². The number of hydrogen-bond donors (Lipinski definition) is 2. The van der Waals surface area contributed by atoms with Gasteiger partial charge < -0.3 is 11.1 Å². The Morgan fingerprint density at radius 1 is 1.15 bits per heavy atom. The standard InChI is InChI=1S/C16H17ClN2O/c1-10(2)11-3-5-12(6-4-11)16(20)19-15-9-13(17)7-8-14(15)18/h3-10H,18H2,1-2H3,(H,19,20). The minimum absolute atomic E-state index is 0.200. The summed E-state index contributed by atoms with van der Waals surface area (Å²) in [5, 5.41) is 3.30. The van der Waals surface area contributed by atoms with E-state index in [0.717, 1.165) is 0 Å². The van der Waals surface area contributed by atoms with Crippen LogP contribution in [0.3, 0.4) is 0 Å². The molecule has 104 valence electrons. The van der Waals surface area contributed by atoms with Crippen molar-refractivity contribution in [3.8, 4) is 0 Å². The lowest BCUT2D eigenvalue weighted by atomic mass is 10.0. The lowest BCUT2D eigenvalue weighted by molar-refractivity contribution is 0.102. The SMILES string of the molecule is CC(C)c1ccc(C(=O)Nc2cc(Cl)ccc2N)cc1. The van der Waals surface area contributed by atoms with Gasteiger partial charge >= 0.3 is 0 Å². The summed E-state index contributed by atoms with van der Waals surface area (Å²) in [5.41, 5.74) is 8.61. The molecule has 20 heavy (non-hydrogen) atoms. The summed E-state index contributed by atoms with van der Waals surface area (Å²) < 4.78 is 0. The predicted octanol–water partition coefficient (Wildman–Crippen LogP) is 4.30. The Morgan fingerprint density at radius 2 is 1.80 bits per heavy atom. The van der Waals surface area contributed by atoms with Crippen molar-refractivity contribution >= 4 is 28.9 Å². The quantitative estimate of drug-likeness (QED) is 0.828. The van der Waals surface area contributed by atoms with Crippen molar-refractivity contribution in [2.75, 3.05) is 11.1 Å². The molecule has 0 saturated heterocycles. The van der Waals surface area contributed by atoms with Crippen molar-refractivity contribution in [1.82, 2.24) is 0 Å². The average molecular weight is 289 g/mol. The van der Waals surface area contributed by atoms with E-state index in [1.807, 2.05) is 24.3 Å². The van der Waals surface area contributed by atoms with Crippen LogP contribution in [0.1, 0.15) is 35.7 Å². The molecule has 0 fully saturated rings. The number of nitrogen functional groups attached to an aromatic ring is 1. The van der Waals surface area contributed by atoms with Gasteiger partial charge in [-0.05, 0) is 41.8 Å². The van der Waals surface area contributed by atoms with Crippen LogP contribution in [-0.4, -0.2) is 5.91 Å². The van der Waals surface area contributed by atoms with Gasteiger partial charge in [-0.15, -0.1) is 0 Å². The van der Waals surface area contributed by atoms with Crippen molar-refractivity contribution in [2.45, 2.75) is 19.8 Å². The maximum absolute atomic E-state index is 12.1. The monoisotopic (exact) mass is 288 g/mol. The zero-order valence-corrected chi connectivity index (χ0v) is 12.2. The van der Waals surface area contributed by atoms with Gasteiger partial charge in [-0.1, -0.05) is 37.6 Å². The number of hydrogen-bond acceptors (Lipinski definition) is 2. The lowest BCUT2D eigenvalue weighted by Gasteiger charge is -2.10. The molecule has 2 aromatic rings. The Hall–Kier alpha value is -2.00.